The second-order valence-corrected chi connectivity index (χ2v) is 4.79. The molecule has 0 saturated carbocycles. The first-order valence-electron chi connectivity index (χ1n) is 5.71. The van der Waals surface area contributed by atoms with Crippen molar-refractivity contribution in [3.05, 3.63) is 46.7 Å². The smallest absolute Gasteiger partial charge is 0.274 e. The first kappa shape index (κ1) is 14.3. The number of aromatic nitrogens is 1. The predicted octanol–water partition coefficient (Wildman–Crippen LogP) is 2.39. The number of nitrogens with zero attached hydrogens (tertiary/aromatic N) is 1. The van der Waals surface area contributed by atoms with Gasteiger partial charge >= 0.3 is 0 Å². The van der Waals surface area contributed by atoms with E-state index < -0.39 is 0 Å². The van der Waals surface area contributed by atoms with E-state index in [1.165, 1.54) is 6.20 Å². The summed E-state index contributed by atoms with van der Waals surface area (Å²) in [7, 11) is 1.54. The molecule has 0 fully saturated rings. The molecule has 0 atom stereocenters. The number of rotatable bonds is 4. The average Bonchev–Trinajstić information content (AvgIpc) is 2.47. The van der Waals surface area contributed by atoms with Gasteiger partial charge in [-0.3, -0.25) is 10.6 Å². The number of nitrogens with two attached hydrogens (primary N) is 1. The van der Waals surface area contributed by atoms with E-state index in [0.29, 0.717) is 17.1 Å². The quantitative estimate of drug-likeness (QED) is 0.589. The Labute approximate surface area is 124 Å². The van der Waals surface area contributed by atoms with Gasteiger partial charge in [-0.2, -0.15) is 0 Å². The highest BCUT2D eigenvalue weighted by molar-refractivity contribution is 9.10. The summed E-state index contributed by atoms with van der Waals surface area (Å²) in [4.78, 5) is 16.1. The van der Waals surface area contributed by atoms with Crippen molar-refractivity contribution in [2.24, 2.45) is 5.84 Å². The van der Waals surface area contributed by atoms with E-state index in [9.17, 15) is 4.79 Å². The van der Waals surface area contributed by atoms with Gasteiger partial charge in [0.25, 0.3) is 5.91 Å². The Kier molecular flexibility index (Phi) is 4.54. The van der Waals surface area contributed by atoms with Gasteiger partial charge in [-0.25, -0.2) is 4.98 Å². The highest BCUT2D eigenvalue weighted by Crippen LogP contribution is 2.28. The summed E-state index contributed by atoms with van der Waals surface area (Å²) in [6, 6.07) is 8.59. The molecule has 0 aliphatic heterocycles. The number of methoxy groups -OCH3 is 1. The van der Waals surface area contributed by atoms with E-state index in [0.717, 1.165) is 4.47 Å². The first-order chi connectivity index (χ1) is 9.63. The average molecular weight is 337 g/mol. The number of hydrogen-bond donors (Lipinski definition) is 3. The van der Waals surface area contributed by atoms with Gasteiger partial charge < -0.3 is 15.5 Å². The van der Waals surface area contributed by atoms with Gasteiger partial charge in [0.1, 0.15) is 11.4 Å². The summed E-state index contributed by atoms with van der Waals surface area (Å²) < 4.78 is 6.03. The van der Waals surface area contributed by atoms with Crippen LogP contribution in [0.15, 0.2) is 41.0 Å². The minimum Gasteiger partial charge on any atom is -0.495 e. The molecule has 1 aromatic heterocycles. The van der Waals surface area contributed by atoms with E-state index in [2.05, 4.69) is 31.7 Å². The van der Waals surface area contributed by atoms with E-state index in [1.807, 2.05) is 6.07 Å². The summed E-state index contributed by atoms with van der Waals surface area (Å²) in [5.41, 5.74) is 3.92. The molecule has 0 aliphatic rings. The molecule has 1 heterocycles. The fourth-order valence-electron chi connectivity index (χ4n) is 1.58. The number of amides is 1. The Balaban J connectivity index is 2.20. The monoisotopic (exact) mass is 336 g/mol. The summed E-state index contributed by atoms with van der Waals surface area (Å²) in [5.74, 6) is 5.48. The molecule has 2 rings (SSSR count). The Hall–Kier alpha value is -2.12. The number of hydrazine groups is 1. The van der Waals surface area contributed by atoms with E-state index in [-0.39, 0.29) is 11.6 Å². The van der Waals surface area contributed by atoms with Crippen molar-refractivity contribution in [1.82, 2.24) is 4.98 Å². The standard InChI is InChI=1S/C13H13BrN4O2/c1-20-12-5-2-8(14)6-11(12)17-13(19)10-4-3-9(18-15)7-16-10/h2-7,18H,15H2,1H3,(H,17,19). The third-order valence-corrected chi connectivity index (χ3v) is 3.07. The van der Waals surface area contributed by atoms with Gasteiger partial charge in [-0.1, -0.05) is 15.9 Å². The Morgan fingerprint density at radius 1 is 1.35 bits per heavy atom. The van der Waals surface area contributed by atoms with Crippen LogP contribution in [0.4, 0.5) is 11.4 Å². The van der Waals surface area contributed by atoms with Crippen LogP contribution in [0.5, 0.6) is 5.75 Å². The van der Waals surface area contributed by atoms with Gasteiger partial charge in [0.2, 0.25) is 0 Å². The fourth-order valence-corrected chi connectivity index (χ4v) is 1.94. The lowest BCUT2D eigenvalue weighted by Crippen LogP contribution is -2.15. The maximum absolute atomic E-state index is 12.1. The molecule has 0 bridgehead atoms. The third-order valence-electron chi connectivity index (χ3n) is 2.57. The molecule has 0 radical (unpaired) electrons. The van der Waals surface area contributed by atoms with Gasteiger partial charge in [0.15, 0.2) is 0 Å². The predicted molar refractivity (Wildman–Crippen MR) is 80.7 cm³/mol. The number of nitrogen functional groups attached to an aromatic ring is 1. The Bertz CT molecular complexity index is 616. The van der Waals surface area contributed by atoms with Crippen molar-refractivity contribution >= 4 is 33.2 Å². The van der Waals surface area contributed by atoms with Crippen LogP contribution in [-0.4, -0.2) is 18.0 Å². The lowest BCUT2D eigenvalue weighted by molar-refractivity contribution is 0.102. The zero-order valence-corrected chi connectivity index (χ0v) is 12.3. The van der Waals surface area contributed by atoms with Gasteiger partial charge in [0, 0.05) is 4.47 Å². The number of nitrogens with one attached hydrogen (secondary N) is 2. The summed E-state index contributed by atoms with van der Waals surface area (Å²) >= 11 is 3.35. The zero-order valence-electron chi connectivity index (χ0n) is 10.7. The molecule has 7 heteroatoms. The van der Waals surface area contributed by atoms with Crippen LogP contribution in [-0.2, 0) is 0 Å². The van der Waals surface area contributed by atoms with Crippen molar-refractivity contribution in [2.75, 3.05) is 17.9 Å². The number of benzene rings is 1. The van der Waals surface area contributed by atoms with Crippen molar-refractivity contribution in [3.8, 4) is 5.75 Å². The lowest BCUT2D eigenvalue weighted by atomic mass is 10.2. The molecule has 104 valence electrons. The molecule has 1 aromatic carbocycles. The first-order valence-corrected chi connectivity index (χ1v) is 6.51. The number of anilines is 2. The zero-order chi connectivity index (χ0) is 14.5. The van der Waals surface area contributed by atoms with Gasteiger partial charge in [-0.05, 0) is 30.3 Å². The minimum atomic E-state index is -0.329. The van der Waals surface area contributed by atoms with E-state index in [1.54, 1.807) is 31.4 Å². The van der Waals surface area contributed by atoms with Crippen LogP contribution >= 0.6 is 15.9 Å². The second-order valence-electron chi connectivity index (χ2n) is 3.88. The Morgan fingerprint density at radius 2 is 2.15 bits per heavy atom. The summed E-state index contributed by atoms with van der Waals surface area (Å²) in [6.07, 6.45) is 1.48. The third kappa shape index (κ3) is 3.25. The number of halogens is 1. The molecule has 6 nitrogen and oxygen atoms in total. The van der Waals surface area contributed by atoms with E-state index in [4.69, 9.17) is 10.6 Å². The van der Waals surface area contributed by atoms with E-state index >= 15 is 0 Å². The number of carbonyl (C=O) groups excluding carboxylic acids is 1. The van der Waals surface area contributed by atoms with Crippen molar-refractivity contribution < 1.29 is 9.53 Å². The highest BCUT2D eigenvalue weighted by atomic mass is 79.9. The topological polar surface area (TPSA) is 89.3 Å². The van der Waals surface area contributed by atoms with Gasteiger partial charge in [0.05, 0.1) is 24.7 Å². The summed E-state index contributed by atoms with van der Waals surface area (Å²) in [6.45, 7) is 0. The molecule has 2 aromatic rings. The molecule has 0 spiro atoms. The second kappa shape index (κ2) is 6.36. The molecule has 0 unspecified atom stereocenters. The normalized spacial score (nSPS) is 9.95. The molecular formula is C13H13BrN4O2. The molecule has 1 amide bonds. The minimum absolute atomic E-state index is 0.283. The van der Waals surface area contributed by atoms with Crippen molar-refractivity contribution in [1.29, 1.82) is 0 Å². The maximum Gasteiger partial charge on any atom is 0.274 e. The SMILES string of the molecule is COc1ccc(Br)cc1NC(=O)c1ccc(NN)cn1. The maximum atomic E-state index is 12.1. The van der Waals surface area contributed by atoms with Crippen molar-refractivity contribution in [2.45, 2.75) is 0 Å². The number of ether oxygens (including phenoxy) is 1. The van der Waals surface area contributed by atoms with Crippen LogP contribution < -0.4 is 21.3 Å². The summed E-state index contributed by atoms with van der Waals surface area (Å²) in [5, 5.41) is 2.75. The van der Waals surface area contributed by atoms with Gasteiger partial charge in [-0.15, -0.1) is 0 Å². The molecule has 0 saturated heterocycles. The van der Waals surface area contributed by atoms with Crippen LogP contribution in [0.1, 0.15) is 10.5 Å². The Morgan fingerprint density at radius 3 is 2.75 bits per heavy atom. The molecule has 4 N–H and O–H groups in total. The molecule has 0 aliphatic carbocycles. The fraction of sp³-hybridized carbons (Fsp3) is 0.0769. The van der Waals surface area contributed by atoms with Crippen LogP contribution in [0, 0.1) is 0 Å². The molecule has 20 heavy (non-hydrogen) atoms. The number of carbonyl (C=O) groups is 1. The number of hydrogen-bond acceptors (Lipinski definition) is 5. The van der Waals surface area contributed by atoms with Crippen LogP contribution in [0.3, 0.4) is 0 Å². The number of pyridine rings is 1. The van der Waals surface area contributed by atoms with Crippen LogP contribution in [0.25, 0.3) is 0 Å². The largest absolute Gasteiger partial charge is 0.495 e. The lowest BCUT2D eigenvalue weighted by Gasteiger charge is -2.10. The van der Waals surface area contributed by atoms with Crippen molar-refractivity contribution in [3.63, 3.8) is 0 Å². The molecular weight excluding hydrogens is 324 g/mol. The highest BCUT2D eigenvalue weighted by Gasteiger charge is 2.11. The van der Waals surface area contributed by atoms with Crippen LogP contribution in [0.2, 0.25) is 0 Å².